The second-order valence-corrected chi connectivity index (χ2v) is 10.4. The van der Waals surface area contributed by atoms with Gasteiger partial charge in [0, 0.05) is 28.1 Å². The van der Waals surface area contributed by atoms with Crippen LogP contribution < -0.4 is 5.32 Å². The summed E-state index contributed by atoms with van der Waals surface area (Å²) in [5.41, 5.74) is 0.710. The lowest BCUT2D eigenvalue weighted by Crippen LogP contribution is -2.43. The van der Waals surface area contributed by atoms with Crippen LogP contribution in [0.15, 0.2) is 45.1 Å². The molecule has 1 atom stereocenters. The number of sulfonamides is 1. The number of carbonyl (C=O) groups is 1. The number of benzene rings is 1. The molecule has 2 heterocycles. The third-order valence-corrected chi connectivity index (χ3v) is 8.04. The summed E-state index contributed by atoms with van der Waals surface area (Å²) in [5.74, 6) is -0.474. The lowest BCUT2D eigenvalue weighted by molar-refractivity contribution is -0.120. The predicted molar refractivity (Wildman–Crippen MR) is 103 cm³/mol. The summed E-state index contributed by atoms with van der Waals surface area (Å²) in [6, 6.07) is 10.8. The number of rotatable bonds is 4. The van der Waals surface area contributed by atoms with E-state index in [-0.39, 0.29) is 18.4 Å². The molecule has 1 aromatic carbocycles. The number of amides is 1. The molecule has 1 amide bonds. The molecule has 0 spiro atoms. The van der Waals surface area contributed by atoms with Crippen LogP contribution in [-0.4, -0.2) is 31.7 Å². The van der Waals surface area contributed by atoms with Crippen molar-refractivity contribution in [1.29, 1.82) is 0 Å². The van der Waals surface area contributed by atoms with Crippen LogP contribution in [0.4, 0.5) is 5.69 Å². The molecule has 1 N–H and O–H groups in total. The molecule has 134 valence electrons. The Morgan fingerprint density at radius 3 is 2.60 bits per heavy atom. The monoisotopic (exact) mass is 442 g/mol. The number of carbonyl (C=O) groups excluding carboxylic acids is 1. The minimum atomic E-state index is -3.52. The Labute approximate surface area is 160 Å². The number of nitrogens with one attached hydrogen (secondary N) is 1. The van der Waals surface area contributed by atoms with Gasteiger partial charge in [0.25, 0.3) is 10.0 Å². The fourth-order valence-electron chi connectivity index (χ4n) is 2.83. The Balaban J connectivity index is 1.70. The van der Waals surface area contributed by atoms with Gasteiger partial charge in [0.2, 0.25) is 5.91 Å². The molecule has 0 bridgehead atoms. The minimum absolute atomic E-state index is 0.135. The minimum Gasteiger partial charge on any atom is -0.326 e. The molecule has 1 aliphatic heterocycles. The zero-order valence-corrected chi connectivity index (χ0v) is 17.0. The van der Waals surface area contributed by atoms with E-state index in [1.807, 2.05) is 31.2 Å². The summed E-state index contributed by atoms with van der Waals surface area (Å²) in [7, 11) is -3.52. The molecule has 1 aliphatic rings. The first kappa shape index (κ1) is 18.6. The molecule has 2 aromatic rings. The molecule has 0 aliphatic carbocycles. The van der Waals surface area contributed by atoms with E-state index in [2.05, 4.69) is 21.2 Å². The predicted octanol–water partition coefficient (Wildman–Crippen LogP) is 3.86. The topological polar surface area (TPSA) is 66.5 Å². The first-order valence-electron chi connectivity index (χ1n) is 7.99. The highest BCUT2D eigenvalue weighted by Crippen LogP contribution is 2.28. The Morgan fingerprint density at radius 1 is 1.24 bits per heavy atom. The fraction of sp³-hybridized carbons (Fsp3) is 0.353. The van der Waals surface area contributed by atoms with Gasteiger partial charge in [-0.2, -0.15) is 4.31 Å². The van der Waals surface area contributed by atoms with Crippen molar-refractivity contribution < 1.29 is 13.2 Å². The van der Waals surface area contributed by atoms with E-state index in [9.17, 15) is 13.2 Å². The van der Waals surface area contributed by atoms with Crippen molar-refractivity contribution in [1.82, 2.24) is 4.31 Å². The number of hydrogen-bond donors (Lipinski definition) is 1. The molecule has 8 heteroatoms. The van der Waals surface area contributed by atoms with Gasteiger partial charge in [-0.1, -0.05) is 15.9 Å². The maximum Gasteiger partial charge on any atom is 0.252 e. The summed E-state index contributed by atoms with van der Waals surface area (Å²) in [4.78, 5) is 13.5. The van der Waals surface area contributed by atoms with E-state index in [0.29, 0.717) is 29.3 Å². The van der Waals surface area contributed by atoms with Crippen LogP contribution in [0, 0.1) is 12.8 Å². The lowest BCUT2D eigenvalue weighted by Gasteiger charge is -2.30. The standard InChI is InChI=1S/C17H19BrN2O3S2/c1-12-4-9-16(24-12)25(22,23)20-10-2-3-13(11-20)17(21)19-15-7-5-14(18)6-8-15/h4-9,13H,2-3,10-11H2,1H3,(H,19,21)/t13-/m0/s1. The van der Waals surface area contributed by atoms with Gasteiger partial charge in [0.05, 0.1) is 5.92 Å². The van der Waals surface area contributed by atoms with Crippen molar-refractivity contribution in [2.75, 3.05) is 18.4 Å². The summed E-state index contributed by atoms with van der Waals surface area (Å²) in [5, 5.41) is 2.88. The lowest BCUT2D eigenvalue weighted by atomic mass is 9.99. The highest BCUT2D eigenvalue weighted by molar-refractivity contribution is 9.10. The van der Waals surface area contributed by atoms with Crippen molar-refractivity contribution in [3.05, 3.63) is 45.7 Å². The maximum atomic E-state index is 12.8. The van der Waals surface area contributed by atoms with Crippen LogP contribution in [0.2, 0.25) is 0 Å². The van der Waals surface area contributed by atoms with E-state index in [1.165, 1.54) is 15.6 Å². The van der Waals surface area contributed by atoms with E-state index in [0.717, 1.165) is 9.35 Å². The van der Waals surface area contributed by atoms with Crippen LogP contribution in [-0.2, 0) is 14.8 Å². The molecule has 5 nitrogen and oxygen atoms in total. The molecule has 0 unspecified atom stereocenters. The van der Waals surface area contributed by atoms with Crippen molar-refractivity contribution in [2.45, 2.75) is 24.0 Å². The van der Waals surface area contributed by atoms with Crippen LogP contribution in [0.1, 0.15) is 17.7 Å². The smallest absolute Gasteiger partial charge is 0.252 e. The zero-order chi connectivity index (χ0) is 18.0. The van der Waals surface area contributed by atoms with Gasteiger partial charge >= 0.3 is 0 Å². The van der Waals surface area contributed by atoms with Crippen molar-refractivity contribution in [2.24, 2.45) is 5.92 Å². The first-order chi connectivity index (χ1) is 11.9. The van der Waals surface area contributed by atoms with Gasteiger partial charge in [0.15, 0.2) is 0 Å². The van der Waals surface area contributed by atoms with Crippen molar-refractivity contribution in [3.63, 3.8) is 0 Å². The molecule has 0 radical (unpaired) electrons. The summed E-state index contributed by atoms with van der Waals surface area (Å²) in [6.07, 6.45) is 1.37. The molecule has 3 rings (SSSR count). The number of hydrogen-bond acceptors (Lipinski definition) is 4. The zero-order valence-electron chi connectivity index (χ0n) is 13.7. The molecule has 25 heavy (non-hydrogen) atoms. The van der Waals surface area contributed by atoms with Gasteiger partial charge < -0.3 is 5.32 Å². The number of halogens is 1. The summed E-state index contributed by atoms with van der Waals surface area (Å²) >= 11 is 4.62. The molecule has 1 aromatic heterocycles. The largest absolute Gasteiger partial charge is 0.326 e. The maximum absolute atomic E-state index is 12.8. The van der Waals surface area contributed by atoms with Crippen LogP contribution in [0.3, 0.4) is 0 Å². The Kier molecular flexibility index (Phi) is 5.62. The van der Waals surface area contributed by atoms with E-state index in [1.54, 1.807) is 12.1 Å². The van der Waals surface area contributed by atoms with Gasteiger partial charge in [-0.3, -0.25) is 4.79 Å². The van der Waals surface area contributed by atoms with E-state index >= 15 is 0 Å². The summed E-state index contributed by atoms with van der Waals surface area (Å²) in [6.45, 7) is 2.57. The Bertz CT molecular complexity index is 862. The SMILES string of the molecule is Cc1ccc(S(=O)(=O)N2CCC[C@H](C(=O)Nc3ccc(Br)cc3)C2)s1. The third kappa shape index (κ3) is 4.31. The Hall–Kier alpha value is -1.22. The van der Waals surface area contributed by atoms with Crippen LogP contribution in [0.5, 0.6) is 0 Å². The summed E-state index contributed by atoms with van der Waals surface area (Å²) < 4.78 is 28.2. The molecule has 1 fully saturated rings. The number of piperidine rings is 1. The quantitative estimate of drug-likeness (QED) is 0.781. The molecule has 1 saturated heterocycles. The van der Waals surface area contributed by atoms with E-state index in [4.69, 9.17) is 0 Å². The van der Waals surface area contributed by atoms with Gasteiger partial charge in [-0.05, 0) is 56.2 Å². The van der Waals surface area contributed by atoms with Crippen molar-refractivity contribution >= 4 is 48.9 Å². The van der Waals surface area contributed by atoms with Crippen LogP contribution in [0.25, 0.3) is 0 Å². The number of aryl methyl sites for hydroxylation is 1. The molecular weight excluding hydrogens is 424 g/mol. The highest BCUT2D eigenvalue weighted by Gasteiger charge is 2.34. The average Bonchev–Trinajstić information content (AvgIpc) is 3.04. The molecule has 0 saturated carbocycles. The third-order valence-electron chi connectivity index (χ3n) is 4.18. The number of nitrogens with zero attached hydrogens (tertiary/aromatic N) is 1. The normalized spacial score (nSPS) is 18.9. The highest BCUT2D eigenvalue weighted by atomic mass is 79.9. The van der Waals surface area contributed by atoms with E-state index < -0.39 is 10.0 Å². The Morgan fingerprint density at radius 2 is 1.96 bits per heavy atom. The first-order valence-corrected chi connectivity index (χ1v) is 11.0. The number of thiophene rings is 1. The van der Waals surface area contributed by atoms with Crippen molar-refractivity contribution in [3.8, 4) is 0 Å². The van der Waals surface area contributed by atoms with Gasteiger partial charge in [-0.25, -0.2) is 8.42 Å². The number of anilines is 1. The van der Waals surface area contributed by atoms with Gasteiger partial charge in [-0.15, -0.1) is 11.3 Å². The average molecular weight is 443 g/mol. The second kappa shape index (κ2) is 7.57. The second-order valence-electron chi connectivity index (χ2n) is 6.06. The van der Waals surface area contributed by atoms with Gasteiger partial charge in [0.1, 0.15) is 4.21 Å². The van der Waals surface area contributed by atoms with Crippen LogP contribution >= 0.6 is 27.3 Å². The fourth-order valence-corrected chi connectivity index (χ4v) is 6.06. The molecular formula is C17H19BrN2O3S2.